The zero-order valence-corrected chi connectivity index (χ0v) is 23.0. The summed E-state index contributed by atoms with van der Waals surface area (Å²) in [7, 11) is 0. The van der Waals surface area contributed by atoms with Crippen LogP contribution in [0, 0.1) is 0 Å². The predicted octanol–water partition coefficient (Wildman–Crippen LogP) is 3.83. The summed E-state index contributed by atoms with van der Waals surface area (Å²) in [6.07, 6.45) is -11.6. The molecular weight excluding hydrogens is 608 g/mol. The van der Waals surface area contributed by atoms with E-state index >= 15 is 0 Å². The average Bonchev–Trinajstić information content (AvgIpc) is 3.45. The Morgan fingerprint density at radius 1 is 1.00 bits per heavy atom. The van der Waals surface area contributed by atoms with E-state index < -0.39 is 49.3 Å². The van der Waals surface area contributed by atoms with Gasteiger partial charge < -0.3 is 20.9 Å². The lowest BCUT2D eigenvalue weighted by atomic mass is 10.2. The molecule has 18 heteroatoms. The SMILES string of the molecule is C[C@H](OC(N)=O)c1nc(Cn2nc(-c3ccc(Cl)cc3)n(CC(OC(N)=O)C(F)(F)F)c2=O)nn1-c1ccccc1Cl. The van der Waals surface area contributed by atoms with Gasteiger partial charge in [-0.05, 0) is 43.3 Å². The van der Waals surface area contributed by atoms with Crippen molar-refractivity contribution in [3.63, 3.8) is 0 Å². The van der Waals surface area contributed by atoms with Crippen molar-refractivity contribution in [3.05, 3.63) is 80.7 Å². The maximum absolute atomic E-state index is 13.7. The van der Waals surface area contributed by atoms with E-state index in [4.69, 9.17) is 39.4 Å². The number of hydrogen-bond acceptors (Lipinski definition) is 8. The number of rotatable bonds is 9. The van der Waals surface area contributed by atoms with Gasteiger partial charge in [-0.1, -0.05) is 35.3 Å². The number of primary amides is 2. The van der Waals surface area contributed by atoms with Gasteiger partial charge in [0.05, 0.1) is 17.3 Å². The zero-order chi connectivity index (χ0) is 30.8. The molecule has 42 heavy (non-hydrogen) atoms. The van der Waals surface area contributed by atoms with Crippen LogP contribution in [0.3, 0.4) is 0 Å². The fraction of sp³-hybridized carbons (Fsp3) is 0.250. The number of halogens is 5. The number of carbonyl (C=O) groups is 2. The monoisotopic (exact) mass is 628 g/mol. The van der Waals surface area contributed by atoms with Gasteiger partial charge in [-0.3, -0.25) is 4.57 Å². The Morgan fingerprint density at radius 2 is 1.64 bits per heavy atom. The highest BCUT2D eigenvalue weighted by Crippen LogP contribution is 2.27. The summed E-state index contributed by atoms with van der Waals surface area (Å²) in [4.78, 5) is 40.3. The standard InChI is InChI=1S/C24H21Cl2F3N8O5/c1-12(41-21(30)38)19-32-18(33-37(19)16-5-3-2-4-15(16)26)11-36-23(40)35(10-17(24(27,28)29)42-22(31)39)20(34-36)13-6-8-14(25)9-7-13/h2-9,12,17H,10-11H2,1H3,(H2,30,38)(H2,31,39)/t12-,17?/m0/s1. The molecule has 0 fully saturated rings. The third-order valence-electron chi connectivity index (χ3n) is 5.70. The maximum Gasteiger partial charge on any atom is 0.427 e. The van der Waals surface area contributed by atoms with Crippen LogP contribution in [-0.2, 0) is 22.6 Å². The summed E-state index contributed by atoms with van der Waals surface area (Å²) in [5.41, 5.74) is 9.55. The van der Waals surface area contributed by atoms with Gasteiger partial charge in [0.25, 0.3) is 0 Å². The quantitative estimate of drug-likeness (QED) is 0.281. The molecule has 2 amide bonds. The second-order valence-corrected chi connectivity index (χ2v) is 9.52. The number of hydrogen-bond donors (Lipinski definition) is 2. The van der Waals surface area contributed by atoms with Gasteiger partial charge in [0, 0.05) is 10.6 Å². The van der Waals surface area contributed by atoms with Gasteiger partial charge >= 0.3 is 24.1 Å². The molecule has 4 rings (SSSR count). The lowest BCUT2D eigenvalue weighted by Crippen LogP contribution is -2.41. The van der Waals surface area contributed by atoms with E-state index in [1.807, 2.05) is 0 Å². The Kier molecular flexibility index (Phi) is 8.77. The minimum atomic E-state index is -5.06. The number of benzene rings is 2. The molecule has 2 heterocycles. The smallest absolute Gasteiger partial charge is 0.427 e. The topological polar surface area (TPSA) is 175 Å². The van der Waals surface area contributed by atoms with Crippen molar-refractivity contribution in [1.82, 2.24) is 29.1 Å². The number of para-hydroxylation sites is 1. The largest absolute Gasteiger partial charge is 0.438 e. The molecule has 0 spiro atoms. The van der Waals surface area contributed by atoms with Crippen molar-refractivity contribution in [2.45, 2.75) is 38.4 Å². The first-order chi connectivity index (χ1) is 19.7. The van der Waals surface area contributed by atoms with E-state index in [0.717, 1.165) is 4.68 Å². The van der Waals surface area contributed by atoms with E-state index in [9.17, 15) is 27.6 Å². The van der Waals surface area contributed by atoms with Crippen LogP contribution in [0.2, 0.25) is 10.0 Å². The first-order valence-corrected chi connectivity index (χ1v) is 12.6. The molecule has 4 N–H and O–H groups in total. The summed E-state index contributed by atoms with van der Waals surface area (Å²) in [6.45, 7) is -0.117. The first kappa shape index (κ1) is 30.4. The third-order valence-corrected chi connectivity index (χ3v) is 6.27. The Labute approximate surface area is 244 Å². The number of nitrogens with two attached hydrogens (primary N) is 2. The van der Waals surface area contributed by atoms with Crippen molar-refractivity contribution >= 4 is 35.4 Å². The highest BCUT2D eigenvalue weighted by molar-refractivity contribution is 6.32. The summed E-state index contributed by atoms with van der Waals surface area (Å²) in [5, 5.41) is 9.16. The van der Waals surface area contributed by atoms with Crippen LogP contribution in [0.25, 0.3) is 17.1 Å². The molecule has 0 aliphatic rings. The van der Waals surface area contributed by atoms with E-state index in [0.29, 0.717) is 15.3 Å². The molecule has 0 saturated carbocycles. The van der Waals surface area contributed by atoms with Gasteiger partial charge in [0.1, 0.15) is 6.54 Å². The number of nitrogens with zero attached hydrogens (tertiary/aromatic N) is 6. The second-order valence-electron chi connectivity index (χ2n) is 8.68. The Balaban J connectivity index is 1.81. The summed E-state index contributed by atoms with van der Waals surface area (Å²) in [6, 6.07) is 12.3. The van der Waals surface area contributed by atoms with Gasteiger partial charge in [-0.2, -0.15) is 13.2 Å². The highest BCUT2D eigenvalue weighted by atomic mass is 35.5. The van der Waals surface area contributed by atoms with Crippen LogP contribution < -0.4 is 17.2 Å². The lowest BCUT2D eigenvalue weighted by Gasteiger charge is -2.20. The fourth-order valence-corrected chi connectivity index (χ4v) is 4.24. The molecule has 222 valence electrons. The van der Waals surface area contributed by atoms with Gasteiger partial charge in [0.2, 0.25) is 6.10 Å². The average molecular weight is 629 g/mol. The van der Waals surface area contributed by atoms with E-state index in [1.54, 1.807) is 24.3 Å². The predicted molar refractivity (Wildman–Crippen MR) is 142 cm³/mol. The van der Waals surface area contributed by atoms with Gasteiger partial charge in [-0.15, -0.1) is 10.2 Å². The number of carbonyl (C=O) groups excluding carboxylic acids is 2. The number of amides is 2. The molecule has 1 unspecified atom stereocenters. The van der Waals surface area contributed by atoms with Crippen molar-refractivity contribution in [1.29, 1.82) is 0 Å². The summed E-state index contributed by atoms with van der Waals surface area (Å²) < 4.78 is 53.1. The molecule has 2 aromatic heterocycles. The number of ether oxygens (including phenoxy) is 2. The number of alkyl halides is 3. The molecular formula is C24H21Cl2F3N8O5. The Bertz CT molecular complexity index is 1670. The molecule has 0 radical (unpaired) electrons. The molecule has 13 nitrogen and oxygen atoms in total. The maximum atomic E-state index is 13.7. The summed E-state index contributed by atoms with van der Waals surface area (Å²) in [5.74, 6) is -0.163. The Hall–Kier alpha value is -4.57. The molecule has 0 aliphatic carbocycles. The second kappa shape index (κ2) is 12.1. The molecule has 2 atom stereocenters. The van der Waals surface area contributed by atoms with Crippen LogP contribution in [0.5, 0.6) is 0 Å². The van der Waals surface area contributed by atoms with Crippen LogP contribution in [0.4, 0.5) is 22.8 Å². The van der Waals surface area contributed by atoms with Crippen LogP contribution in [-0.4, -0.2) is 53.6 Å². The minimum absolute atomic E-state index is 0.0417. The van der Waals surface area contributed by atoms with Crippen LogP contribution in [0.15, 0.2) is 53.3 Å². The van der Waals surface area contributed by atoms with Crippen molar-refractivity contribution in [3.8, 4) is 17.1 Å². The van der Waals surface area contributed by atoms with E-state index in [2.05, 4.69) is 19.9 Å². The molecule has 0 bridgehead atoms. The van der Waals surface area contributed by atoms with Gasteiger partial charge in [0.15, 0.2) is 23.6 Å². The highest BCUT2D eigenvalue weighted by Gasteiger charge is 2.44. The zero-order valence-electron chi connectivity index (χ0n) is 21.5. The van der Waals surface area contributed by atoms with Crippen molar-refractivity contribution < 1.29 is 32.2 Å². The summed E-state index contributed by atoms with van der Waals surface area (Å²) >= 11 is 12.3. The normalized spacial score (nSPS) is 13.0. The van der Waals surface area contributed by atoms with E-state index in [1.165, 1.54) is 35.9 Å². The molecule has 4 aromatic rings. The van der Waals surface area contributed by atoms with Gasteiger partial charge in [-0.25, -0.2) is 28.7 Å². The minimum Gasteiger partial charge on any atom is -0.438 e. The lowest BCUT2D eigenvalue weighted by molar-refractivity contribution is -0.206. The van der Waals surface area contributed by atoms with Crippen LogP contribution >= 0.6 is 23.2 Å². The fourth-order valence-electron chi connectivity index (χ4n) is 3.90. The molecule has 0 aliphatic heterocycles. The number of aromatic nitrogens is 6. The first-order valence-electron chi connectivity index (χ1n) is 11.9. The van der Waals surface area contributed by atoms with Crippen molar-refractivity contribution in [2.24, 2.45) is 11.5 Å². The van der Waals surface area contributed by atoms with E-state index in [-0.39, 0.29) is 28.1 Å². The molecule has 2 aromatic carbocycles. The third kappa shape index (κ3) is 6.83. The van der Waals surface area contributed by atoms with Crippen molar-refractivity contribution in [2.75, 3.05) is 0 Å². The van der Waals surface area contributed by atoms with Crippen LogP contribution in [0.1, 0.15) is 24.7 Å². The molecule has 0 saturated heterocycles. The Morgan fingerprint density at radius 3 is 2.24 bits per heavy atom.